The Morgan fingerprint density at radius 2 is 1.60 bits per heavy atom. The van der Waals surface area contributed by atoms with Crippen molar-refractivity contribution in [3.8, 4) is 5.75 Å². The van der Waals surface area contributed by atoms with Crippen molar-refractivity contribution < 1.29 is 28.7 Å². The number of carbonyl (C=O) groups excluding carboxylic acids is 5. The van der Waals surface area contributed by atoms with Crippen LogP contribution in [0.25, 0.3) is 0 Å². The van der Waals surface area contributed by atoms with E-state index in [0.717, 1.165) is 10.0 Å². The summed E-state index contributed by atoms with van der Waals surface area (Å²) in [6.45, 7) is -0.603. The molecule has 6 atom stereocenters. The van der Waals surface area contributed by atoms with Crippen LogP contribution in [-0.2, 0) is 9.59 Å². The van der Waals surface area contributed by atoms with Crippen LogP contribution in [0.1, 0.15) is 36.8 Å². The van der Waals surface area contributed by atoms with E-state index in [1.165, 1.54) is 53.8 Å². The molecule has 3 fully saturated rings. The SMILES string of the molecule is O=C(CN(C(=O)c1ccc(Cl)cc1Cl)N1C(=O)[C@@H]2[C@H]3C[C@@H]([C@H](Br)[C@H]3Br)[C@H]2C1=O)c1ccc(OC(=O)c2cccs2)cc1. The molecule has 8 nitrogen and oxygen atoms in total. The summed E-state index contributed by atoms with van der Waals surface area (Å²) in [4.78, 5) is 67.6. The van der Waals surface area contributed by atoms with Crippen LogP contribution >= 0.6 is 66.4 Å². The fourth-order valence-electron chi connectivity index (χ4n) is 6.09. The van der Waals surface area contributed by atoms with Gasteiger partial charge in [0.15, 0.2) is 5.78 Å². The van der Waals surface area contributed by atoms with Crippen molar-refractivity contribution in [2.45, 2.75) is 16.1 Å². The summed E-state index contributed by atoms with van der Waals surface area (Å²) in [5, 5.41) is 3.79. The summed E-state index contributed by atoms with van der Waals surface area (Å²) in [6, 6.07) is 13.4. The van der Waals surface area contributed by atoms with E-state index in [2.05, 4.69) is 31.9 Å². The zero-order chi connectivity index (χ0) is 29.9. The van der Waals surface area contributed by atoms with E-state index in [0.29, 0.717) is 16.3 Å². The molecule has 2 aliphatic carbocycles. The first-order chi connectivity index (χ1) is 20.1. The van der Waals surface area contributed by atoms with Gasteiger partial charge in [0.1, 0.15) is 17.2 Å². The van der Waals surface area contributed by atoms with E-state index in [9.17, 15) is 24.0 Å². The molecular weight excluding hydrogens is 735 g/mol. The lowest BCUT2D eigenvalue weighted by molar-refractivity contribution is -0.154. The number of hydrogen-bond donors (Lipinski definition) is 0. The number of fused-ring (bicyclic) bond motifs is 5. The van der Waals surface area contributed by atoms with Gasteiger partial charge in [0, 0.05) is 20.2 Å². The van der Waals surface area contributed by atoms with Crippen molar-refractivity contribution in [3.05, 3.63) is 86.0 Å². The minimum Gasteiger partial charge on any atom is -0.422 e. The molecule has 1 aliphatic heterocycles. The molecule has 3 amide bonds. The molecule has 2 saturated carbocycles. The summed E-state index contributed by atoms with van der Waals surface area (Å²) in [5.41, 5.74) is 0.174. The van der Waals surface area contributed by atoms with Gasteiger partial charge in [-0.15, -0.1) is 11.3 Å². The molecular formula is C29H20Br2Cl2N2O6S. The van der Waals surface area contributed by atoms with Gasteiger partial charge in [-0.1, -0.05) is 61.1 Å². The van der Waals surface area contributed by atoms with Gasteiger partial charge in [-0.05, 0) is 72.2 Å². The maximum absolute atomic E-state index is 13.9. The Kier molecular flexibility index (Phi) is 8.08. The zero-order valence-corrected chi connectivity index (χ0v) is 26.9. The first-order valence-electron chi connectivity index (χ1n) is 12.9. The third kappa shape index (κ3) is 5.02. The number of benzene rings is 2. The summed E-state index contributed by atoms with van der Waals surface area (Å²) >= 11 is 20.9. The number of carbonyl (C=O) groups is 5. The zero-order valence-electron chi connectivity index (χ0n) is 21.4. The lowest BCUT2D eigenvalue weighted by Gasteiger charge is -2.31. The van der Waals surface area contributed by atoms with Crippen molar-refractivity contribution in [3.63, 3.8) is 0 Å². The molecule has 13 heteroatoms. The first-order valence-corrected chi connectivity index (χ1v) is 16.3. The van der Waals surface area contributed by atoms with E-state index >= 15 is 0 Å². The van der Waals surface area contributed by atoms with Crippen LogP contribution in [0.3, 0.4) is 0 Å². The topological polar surface area (TPSA) is 101 Å². The Morgan fingerprint density at radius 3 is 2.17 bits per heavy atom. The molecule has 1 saturated heterocycles. The molecule has 2 bridgehead atoms. The highest BCUT2D eigenvalue weighted by molar-refractivity contribution is 9.12. The molecule has 42 heavy (non-hydrogen) atoms. The predicted molar refractivity (Wildman–Crippen MR) is 163 cm³/mol. The van der Waals surface area contributed by atoms with Crippen molar-refractivity contribution in [1.82, 2.24) is 10.0 Å². The lowest BCUT2D eigenvalue weighted by Crippen LogP contribution is -2.52. The molecule has 0 spiro atoms. The first kappa shape index (κ1) is 29.5. The highest BCUT2D eigenvalue weighted by Gasteiger charge is 2.67. The third-order valence-corrected chi connectivity index (χ3v) is 12.6. The molecule has 0 N–H and O–H groups in total. The minimum atomic E-state index is -0.786. The highest BCUT2D eigenvalue weighted by Crippen LogP contribution is 2.60. The van der Waals surface area contributed by atoms with E-state index in [1.54, 1.807) is 17.5 Å². The van der Waals surface area contributed by atoms with Gasteiger partial charge < -0.3 is 4.74 Å². The second kappa shape index (κ2) is 11.5. The molecule has 3 aromatic rings. The van der Waals surface area contributed by atoms with Crippen molar-refractivity contribution in [2.75, 3.05) is 6.54 Å². The highest BCUT2D eigenvalue weighted by atomic mass is 79.9. The second-order valence-corrected chi connectivity index (χ2v) is 14.2. The number of hydrogen-bond acceptors (Lipinski definition) is 7. The van der Waals surface area contributed by atoms with Gasteiger partial charge in [-0.3, -0.25) is 19.2 Å². The number of Topliss-reactive ketones (excluding diaryl/α,β-unsaturated/α-hetero) is 1. The van der Waals surface area contributed by atoms with Gasteiger partial charge in [0.2, 0.25) is 0 Å². The number of nitrogens with zero attached hydrogens (tertiary/aromatic N) is 2. The second-order valence-electron chi connectivity index (χ2n) is 10.3. The lowest BCUT2D eigenvalue weighted by atomic mass is 9.81. The number of esters is 1. The van der Waals surface area contributed by atoms with Gasteiger partial charge >= 0.3 is 5.97 Å². The van der Waals surface area contributed by atoms with Crippen molar-refractivity contribution >= 4 is 95.9 Å². The Morgan fingerprint density at radius 1 is 0.952 bits per heavy atom. The monoisotopic (exact) mass is 752 g/mol. The van der Waals surface area contributed by atoms with Crippen LogP contribution in [0.4, 0.5) is 0 Å². The van der Waals surface area contributed by atoms with Crippen LogP contribution in [0.5, 0.6) is 5.75 Å². The molecule has 0 unspecified atom stereocenters. The smallest absolute Gasteiger partial charge is 0.353 e. The Bertz CT molecular complexity index is 1590. The molecule has 2 heterocycles. The molecule has 1 aromatic heterocycles. The number of ketones is 1. The van der Waals surface area contributed by atoms with Crippen LogP contribution in [0.2, 0.25) is 10.0 Å². The maximum Gasteiger partial charge on any atom is 0.353 e. The van der Waals surface area contributed by atoms with E-state index < -0.39 is 47.9 Å². The third-order valence-electron chi connectivity index (χ3n) is 8.00. The summed E-state index contributed by atoms with van der Waals surface area (Å²) in [6.07, 6.45) is 0.714. The molecule has 2 aromatic carbocycles. The predicted octanol–water partition coefficient (Wildman–Crippen LogP) is 6.29. The van der Waals surface area contributed by atoms with E-state index in [-0.39, 0.29) is 43.4 Å². The Hall–Kier alpha value is -2.57. The van der Waals surface area contributed by atoms with Crippen molar-refractivity contribution in [1.29, 1.82) is 0 Å². The molecule has 6 rings (SSSR count). The summed E-state index contributed by atoms with van der Waals surface area (Å²) in [5.74, 6) is -3.99. The number of alkyl halides is 2. The van der Waals surface area contributed by atoms with Gasteiger partial charge in [-0.25, -0.2) is 9.80 Å². The standard InChI is InChI=1S/C29H20Br2Cl2N2O6S/c30-24-17-11-18(25(24)31)23-22(17)27(38)35(28(23)39)34(26(37)16-8-5-14(32)10-19(16)33)12-20(36)13-3-6-15(7-4-13)41-29(40)21-2-1-9-42-21/h1-10,17-18,22-25H,11-12H2/t17-,18-,22-,23-,24+,25+/m1/s1. The number of amides is 3. The minimum absolute atomic E-state index is 0.00405. The number of imide groups is 1. The van der Waals surface area contributed by atoms with Gasteiger partial charge in [-0.2, -0.15) is 5.01 Å². The quantitative estimate of drug-likeness (QED) is 0.0925. The van der Waals surface area contributed by atoms with E-state index in [4.69, 9.17) is 27.9 Å². The number of thiophene rings is 1. The van der Waals surface area contributed by atoms with Crippen LogP contribution in [0.15, 0.2) is 60.0 Å². The molecule has 0 radical (unpaired) electrons. The van der Waals surface area contributed by atoms with Gasteiger partial charge in [0.25, 0.3) is 17.7 Å². The maximum atomic E-state index is 13.9. The fourth-order valence-corrected chi connectivity index (χ4v) is 9.06. The average Bonchev–Trinajstić information content (AvgIpc) is 3.74. The van der Waals surface area contributed by atoms with Crippen LogP contribution in [-0.4, -0.2) is 55.7 Å². The van der Waals surface area contributed by atoms with Crippen LogP contribution in [0, 0.1) is 23.7 Å². The molecule has 3 aliphatic rings. The Balaban J connectivity index is 1.28. The molecule has 216 valence electrons. The summed E-state index contributed by atoms with van der Waals surface area (Å²) in [7, 11) is 0. The summed E-state index contributed by atoms with van der Waals surface area (Å²) < 4.78 is 5.35. The number of halogens is 4. The fraction of sp³-hybridized carbons (Fsp3) is 0.276. The van der Waals surface area contributed by atoms with Gasteiger partial charge in [0.05, 0.1) is 22.4 Å². The average molecular weight is 755 g/mol. The van der Waals surface area contributed by atoms with E-state index in [1.807, 2.05) is 0 Å². The normalized spacial score (nSPS) is 26.0. The number of hydrazine groups is 1. The Labute approximate surface area is 271 Å². The number of ether oxygens (including phenoxy) is 1. The number of rotatable bonds is 7. The largest absolute Gasteiger partial charge is 0.422 e. The van der Waals surface area contributed by atoms with Crippen LogP contribution < -0.4 is 4.74 Å². The van der Waals surface area contributed by atoms with Crippen molar-refractivity contribution in [2.24, 2.45) is 23.7 Å².